The summed E-state index contributed by atoms with van der Waals surface area (Å²) in [6.07, 6.45) is 0. The van der Waals surface area contributed by atoms with Gasteiger partial charge in [-0.05, 0) is 45.2 Å². The number of fused-ring (bicyclic) bond motifs is 2. The summed E-state index contributed by atoms with van der Waals surface area (Å²) >= 11 is 8.36. The molecule has 0 aliphatic carbocycles. The number of aromatic nitrogens is 2. The highest BCUT2D eigenvalue weighted by Gasteiger charge is 2.20. The summed E-state index contributed by atoms with van der Waals surface area (Å²) in [4.78, 5) is 9.92. The normalized spacial score (nSPS) is 11.5. The van der Waals surface area contributed by atoms with Crippen molar-refractivity contribution in [3.63, 3.8) is 0 Å². The summed E-state index contributed by atoms with van der Waals surface area (Å²) in [5.41, 5.74) is 4.52. The number of benzene rings is 3. The largest absolute Gasteiger partial charge is 0.235 e. The van der Waals surface area contributed by atoms with Crippen LogP contribution in [-0.4, -0.2) is 9.97 Å². The molecule has 0 amide bonds. The summed E-state index contributed by atoms with van der Waals surface area (Å²) in [5, 5.41) is 2.13. The van der Waals surface area contributed by atoms with E-state index in [-0.39, 0.29) is 0 Å². The van der Waals surface area contributed by atoms with E-state index < -0.39 is 0 Å². The van der Waals surface area contributed by atoms with E-state index in [1.165, 1.54) is 27.7 Å². The van der Waals surface area contributed by atoms with Crippen molar-refractivity contribution < 1.29 is 0 Å². The first kappa shape index (κ1) is 17.0. The van der Waals surface area contributed by atoms with Crippen LogP contribution in [0.4, 0.5) is 0 Å². The first-order valence-electron chi connectivity index (χ1n) is 7.91. The lowest BCUT2D eigenvalue weighted by Gasteiger charge is -1.98. The van der Waals surface area contributed by atoms with Crippen LogP contribution in [0.25, 0.3) is 41.6 Å². The third kappa shape index (κ3) is 2.78. The fraction of sp³-hybridized carbons (Fsp3) is 0. The van der Waals surface area contributed by atoms with Gasteiger partial charge in [0.25, 0.3) is 0 Å². The van der Waals surface area contributed by atoms with E-state index in [0.717, 1.165) is 21.0 Å². The molecule has 0 spiro atoms. The molecule has 0 unspecified atom stereocenters. The molecule has 6 heteroatoms. The molecule has 2 aromatic heterocycles. The van der Waals surface area contributed by atoms with Crippen molar-refractivity contribution in [2.75, 3.05) is 0 Å². The van der Waals surface area contributed by atoms with Crippen LogP contribution in [0.5, 0.6) is 0 Å². The molecule has 5 aromatic rings. The number of nitrogens with zero attached hydrogens (tertiary/aromatic N) is 2. The maximum Gasteiger partial charge on any atom is 0.124 e. The second-order valence-corrected chi connectivity index (χ2v) is 9.91. The monoisotopic (exact) mass is 596 g/mol. The average Bonchev–Trinajstić information content (AvgIpc) is 3.33. The average molecular weight is 596 g/mol. The first-order chi connectivity index (χ1) is 12.7. The Morgan fingerprint density at radius 1 is 0.577 bits per heavy atom. The maximum absolute atomic E-state index is 4.96. The van der Waals surface area contributed by atoms with Crippen LogP contribution in [0, 0.1) is 7.14 Å². The number of hydrogen-bond acceptors (Lipinski definition) is 4. The number of hydrogen-bond donors (Lipinski definition) is 0. The van der Waals surface area contributed by atoms with Gasteiger partial charge in [-0.25, -0.2) is 9.97 Å². The minimum Gasteiger partial charge on any atom is -0.235 e. The minimum absolute atomic E-state index is 1.07. The third-order valence-electron chi connectivity index (χ3n) is 4.11. The van der Waals surface area contributed by atoms with Gasteiger partial charge in [-0.3, -0.25) is 0 Å². The van der Waals surface area contributed by atoms with Gasteiger partial charge in [0.05, 0.1) is 27.6 Å². The van der Waals surface area contributed by atoms with Crippen molar-refractivity contribution in [3.8, 4) is 21.1 Å². The Labute approximate surface area is 185 Å². The van der Waals surface area contributed by atoms with Crippen LogP contribution >= 0.6 is 67.9 Å². The molecule has 0 aliphatic rings. The van der Waals surface area contributed by atoms with Gasteiger partial charge in [-0.1, -0.05) is 60.7 Å². The molecule has 0 bridgehead atoms. The van der Waals surface area contributed by atoms with Crippen molar-refractivity contribution in [2.45, 2.75) is 0 Å². The highest BCUT2D eigenvalue weighted by atomic mass is 127. The lowest BCUT2D eigenvalue weighted by Crippen LogP contribution is -1.83. The summed E-state index contributed by atoms with van der Waals surface area (Å²) in [7, 11) is 0. The third-order valence-corrected chi connectivity index (χ3v) is 9.19. The summed E-state index contributed by atoms with van der Waals surface area (Å²) in [6.45, 7) is 0. The quantitative estimate of drug-likeness (QED) is 0.198. The second kappa shape index (κ2) is 6.81. The molecule has 2 heterocycles. The van der Waals surface area contributed by atoms with Crippen LogP contribution < -0.4 is 0 Å². The van der Waals surface area contributed by atoms with Gasteiger partial charge in [0, 0.05) is 11.1 Å². The van der Waals surface area contributed by atoms with Crippen molar-refractivity contribution in [3.05, 3.63) is 67.8 Å². The zero-order valence-electron chi connectivity index (χ0n) is 13.2. The van der Waals surface area contributed by atoms with E-state index in [2.05, 4.69) is 93.7 Å². The van der Waals surface area contributed by atoms with E-state index in [1.54, 1.807) is 22.7 Å². The van der Waals surface area contributed by atoms with Gasteiger partial charge in [0.1, 0.15) is 10.0 Å². The van der Waals surface area contributed by atoms with Crippen molar-refractivity contribution in [1.29, 1.82) is 0 Å². The molecule has 26 heavy (non-hydrogen) atoms. The Hall–Kier alpha value is -1.10. The highest BCUT2D eigenvalue weighted by Crippen LogP contribution is 2.43. The Balaban J connectivity index is 1.76. The van der Waals surface area contributed by atoms with Gasteiger partial charge in [0.2, 0.25) is 0 Å². The lowest BCUT2D eigenvalue weighted by atomic mass is 10.2. The molecule has 126 valence electrons. The Morgan fingerprint density at radius 2 is 0.962 bits per heavy atom. The van der Waals surface area contributed by atoms with E-state index in [9.17, 15) is 0 Å². The molecule has 2 nitrogen and oxygen atoms in total. The maximum atomic E-state index is 4.96. The van der Waals surface area contributed by atoms with E-state index >= 15 is 0 Å². The number of rotatable bonds is 2. The van der Waals surface area contributed by atoms with Gasteiger partial charge in [0.15, 0.2) is 0 Å². The molecule has 5 rings (SSSR count). The SMILES string of the molecule is Ic1c2nc(-c3ccccc3)sc2c(I)c2nc(-c3ccccc3)sc12. The van der Waals surface area contributed by atoms with Gasteiger partial charge < -0.3 is 0 Å². The smallest absolute Gasteiger partial charge is 0.124 e. The molecular weight excluding hydrogens is 586 g/mol. The molecular formula is C20H10I2N2S2. The molecule has 0 radical (unpaired) electrons. The summed E-state index contributed by atoms with van der Waals surface area (Å²) in [6, 6.07) is 20.8. The van der Waals surface area contributed by atoms with E-state index in [1.807, 2.05) is 12.1 Å². The zero-order valence-corrected chi connectivity index (χ0v) is 19.2. The Bertz CT molecular complexity index is 1090. The summed E-state index contributed by atoms with van der Waals surface area (Å²) in [5.74, 6) is 0. The molecule has 0 saturated heterocycles. The van der Waals surface area contributed by atoms with Gasteiger partial charge in [-0.15, -0.1) is 22.7 Å². The molecule has 0 aliphatic heterocycles. The van der Waals surface area contributed by atoms with E-state index in [0.29, 0.717) is 0 Å². The Kier molecular flexibility index (Phi) is 4.46. The van der Waals surface area contributed by atoms with Crippen molar-refractivity contribution in [2.24, 2.45) is 0 Å². The molecule has 0 fully saturated rings. The number of halogens is 2. The zero-order chi connectivity index (χ0) is 17.7. The fourth-order valence-electron chi connectivity index (χ4n) is 2.86. The first-order valence-corrected chi connectivity index (χ1v) is 11.7. The highest BCUT2D eigenvalue weighted by molar-refractivity contribution is 14.1. The van der Waals surface area contributed by atoms with Crippen LogP contribution in [0.2, 0.25) is 0 Å². The van der Waals surface area contributed by atoms with Crippen molar-refractivity contribution >= 4 is 88.3 Å². The van der Waals surface area contributed by atoms with Crippen LogP contribution in [0.1, 0.15) is 0 Å². The number of thiazole rings is 2. The molecule has 0 saturated carbocycles. The Morgan fingerprint density at radius 3 is 1.35 bits per heavy atom. The topological polar surface area (TPSA) is 25.8 Å². The van der Waals surface area contributed by atoms with Crippen LogP contribution in [-0.2, 0) is 0 Å². The minimum atomic E-state index is 1.07. The van der Waals surface area contributed by atoms with Gasteiger partial charge >= 0.3 is 0 Å². The lowest BCUT2D eigenvalue weighted by molar-refractivity contribution is 1.45. The standard InChI is InChI=1S/C20H10I2N2S2/c21-13-15-17(25-19(23-15)11-7-3-1-4-8-11)14(22)16-18(13)26-20(24-16)12-9-5-2-6-10-12/h1-10H. The summed E-state index contributed by atoms with van der Waals surface area (Å²) < 4.78 is 4.86. The predicted molar refractivity (Wildman–Crippen MR) is 129 cm³/mol. The van der Waals surface area contributed by atoms with Gasteiger partial charge in [-0.2, -0.15) is 0 Å². The van der Waals surface area contributed by atoms with E-state index in [4.69, 9.17) is 9.97 Å². The fourth-order valence-corrected chi connectivity index (χ4v) is 7.21. The molecule has 0 atom stereocenters. The van der Waals surface area contributed by atoms with Crippen molar-refractivity contribution in [1.82, 2.24) is 9.97 Å². The molecule has 3 aromatic carbocycles. The second-order valence-electron chi connectivity index (χ2n) is 5.75. The molecule has 0 N–H and O–H groups in total. The predicted octanol–water partition coefficient (Wildman–Crippen LogP) is 7.45. The van der Waals surface area contributed by atoms with Crippen LogP contribution in [0.3, 0.4) is 0 Å². The van der Waals surface area contributed by atoms with Crippen LogP contribution in [0.15, 0.2) is 60.7 Å².